The Balaban J connectivity index is 1.47. The standard InChI is InChI=1S/C26H38FN3O3/c1-18(2)19-4-7-22(8-5-19)29-12-10-26(11-13-29)23-9-6-21(27)16-20(23)17-30(24(26)31)14-15-33-25(32)28-3/h6,9,16,18-19,22H,4-5,7-8,10-15,17H2,1-3H3,(H,28,32)/t19-,22+. The third-order valence-corrected chi connectivity index (χ3v) is 8.29. The maximum atomic E-state index is 14.1. The molecule has 182 valence electrons. The molecule has 6 nitrogen and oxygen atoms in total. The van der Waals surface area contributed by atoms with Gasteiger partial charge in [0.2, 0.25) is 5.91 Å². The highest BCUT2D eigenvalue weighted by Gasteiger charge is 2.49. The lowest BCUT2D eigenvalue weighted by molar-refractivity contribution is -0.142. The van der Waals surface area contributed by atoms with E-state index in [-0.39, 0.29) is 18.3 Å². The van der Waals surface area contributed by atoms with Gasteiger partial charge in [-0.15, -0.1) is 0 Å². The number of nitrogens with one attached hydrogen (secondary N) is 1. The molecule has 2 heterocycles. The number of carbonyl (C=O) groups is 2. The van der Waals surface area contributed by atoms with Crippen LogP contribution in [0, 0.1) is 17.7 Å². The topological polar surface area (TPSA) is 61.9 Å². The van der Waals surface area contributed by atoms with Gasteiger partial charge in [-0.05, 0) is 86.7 Å². The van der Waals surface area contributed by atoms with Gasteiger partial charge in [0, 0.05) is 19.6 Å². The highest BCUT2D eigenvalue weighted by molar-refractivity contribution is 5.90. The minimum atomic E-state index is -0.611. The molecule has 0 radical (unpaired) electrons. The Labute approximate surface area is 196 Å². The second-order valence-electron chi connectivity index (χ2n) is 10.3. The van der Waals surface area contributed by atoms with Crippen LogP contribution in [0.4, 0.5) is 9.18 Å². The van der Waals surface area contributed by atoms with E-state index < -0.39 is 11.5 Å². The Morgan fingerprint density at radius 2 is 1.91 bits per heavy atom. The van der Waals surface area contributed by atoms with Crippen molar-refractivity contribution < 1.29 is 18.7 Å². The monoisotopic (exact) mass is 459 g/mol. The molecule has 7 heteroatoms. The van der Waals surface area contributed by atoms with Crippen molar-refractivity contribution in [2.45, 2.75) is 70.4 Å². The SMILES string of the molecule is CNC(=O)OCCN1Cc2cc(F)ccc2C2(CCN([C@H]3CC[C@@H](C(C)C)CC3)CC2)C1=O. The molecule has 2 amide bonds. The lowest BCUT2D eigenvalue weighted by Gasteiger charge is -2.49. The summed E-state index contributed by atoms with van der Waals surface area (Å²) < 4.78 is 19.2. The summed E-state index contributed by atoms with van der Waals surface area (Å²) in [6.45, 7) is 7.23. The highest BCUT2D eigenvalue weighted by Crippen LogP contribution is 2.44. The Hall–Kier alpha value is -2.15. The lowest BCUT2D eigenvalue weighted by Crippen LogP contribution is -2.57. The second-order valence-corrected chi connectivity index (χ2v) is 10.3. The number of hydrogen-bond acceptors (Lipinski definition) is 4. The first-order chi connectivity index (χ1) is 15.8. The number of alkyl carbamates (subject to hydrolysis) is 1. The minimum Gasteiger partial charge on any atom is -0.448 e. The van der Waals surface area contributed by atoms with E-state index in [0.29, 0.717) is 19.1 Å². The fourth-order valence-electron chi connectivity index (χ4n) is 6.24. The largest absolute Gasteiger partial charge is 0.448 e. The number of amides is 2. The lowest BCUT2D eigenvalue weighted by atomic mass is 9.67. The number of likely N-dealkylation sites (tertiary alicyclic amines) is 1. The van der Waals surface area contributed by atoms with Crippen molar-refractivity contribution in [3.63, 3.8) is 0 Å². The summed E-state index contributed by atoms with van der Waals surface area (Å²) in [7, 11) is 1.51. The first-order valence-corrected chi connectivity index (χ1v) is 12.5. The third kappa shape index (κ3) is 4.88. The van der Waals surface area contributed by atoms with Crippen LogP contribution in [0.1, 0.15) is 63.5 Å². The maximum absolute atomic E-state index is 14.1. The van der Waals surface area contributed by atoms with Crippen LogP contribution >= 0.6 is 0 Å². The number of ether oxygens (including phenoxy) is 1. The van der Waals surface area contributed by atoms with Crippen molar-refractivity contribution >= 4 is 12.0 Å². The quantitative estimate of drug-likeness (QED) is 0.721. The van der Waals surface area contributed by atoms with Gasteiger partial charge in [-0.25, -0.2) is 9.18 Å². The normalized spacial score (nSPS) is 25.2. The van der Waals surface area contributed by atoms with E-state index >= 15 is 0 Å². The zero-order valence-electron chi connectivity index (χ0n) is 20.2. The molecule has 1 aliphatic carbocycles. The Morgan fingerprint density at radius 1 is 1.21 bits per heavy atom. The van der Waals surface area contributed by atoms with Gasteiger partial charge in [0.15, 0.2) is 0 Å². The van der Waals surface area contributed by atoms with Crippen LogP contribution in [0.15, 0.2) is 18.2 Å². The molecule has 3 aliphatic rings. The molecule has 0 aromatic heterocycles. The molecule has 4 rings (SSSR count). The highest BCUT2D eigenvalue weighted by atomic mass is 19.1. The number of piperidine rings is 1. The average Bonchev–Trinajstić information content (AvgIpc) is 2.82. The summed E-state index contributed by atoms with van der Waals surface area (Å²) in [5.41, 5.74) is 1.25. The maximum Gasteiger partial charge on any atom is 0.406 e. The molecule has 1 saturated heterocycles. The van der Waals surface area contributed by atoms with Crippen LogP contribution in [0.3, 0.4) is 0 Å². The molecule has 1 N–H and O–H groups in total. The van der Waals surface area contributed by atoms with Crippen molar-refractivity contribution in [2.24, 2.45) is 11.8 Å². The summed E-state index contributed by atoms with van der Waals surface area (Å²) in [6, 6.07) is 5.48. The third-order valence-electron chi connectivity index (χ3n) is 8.29. The van der Waals surface area contributed by atoms with Crippen molar-refractivity contribution in [1.82, 2.24) is 15.1 Å². The van der Waals surface area contributed by atoms with Crippen LogP contribution < -0.4 is 5.32 Å². The molecule has 1 aromatic carbocycles. The fraction of sp³-hybridized carbons (Fsp3) is 0.692. The summed E-state index contributed by atoms with van der Waals surface area (Å²) in [5.74, 6) is 1.40. The Bertz CT molecular complexity index is 858. The van der Waals surface area contributed by atoms with E-state index in [4.69, 9.17) is 4.74 Å². The van der Waals surface area contributed by atoms with Gasteiger partial charge in [0.1, 0.15) is 12.4 Å². The molecule has 1 saturated carbocycles. The second kappa shape index (κ2) is 10.00. The van der Waals surface area contributed by atoms with E-state index in [9.17, 15) is 14.0 Å². The van der Waals surface area contributed by atoms with Crippen LogP contribution in [0.25, 0.3) is 0 Å². The summed E-state index contributed by atoms with van der Waals surface area (Å²) >= 11 is 0. The first-order valence-electron chi connectivity index (χ1n) is 12.5. The molecule has 33 heavy (non-hydrogen) atoms. The van der Waals surface area contributed by atoms with Gasteiger partial charge >= 0.3 is 6.09 Å². The predicted octanol–water partition coefficient (Wildman–Crippen LogP) is 4.07. The van der Waals surface area contributed by atoms with E-state index in [0.717, 1.165) is 48.9 Å². The van der Waals surface area contributed by atoms with Crippen LogP contribution in [-0.2, 0) is 21.5 Å². The minimum absolute atomic E-state index is 0.0882. The van der Waals surface area contributed by atoms with E-state index in [1.807, 2.05) is 6.07 Å². The van der Waals surface area contributed by atoms with Crippen molar-refractivity contribution in [3.8, 4) is 0 Å². The van der Waals surface area contributed by atoms with Crippen molar-refractivity contribution in [2.75, 3.05) is 33.3 Å². The predicted molar refractivity (Wildman–Crippen MR) is 125 cm³/mol. The van der Waals surface area contributed by atoms with Gasteiger partial charge in [-0.2, -0.15) is 0 Å². The number of carbonyl (C=O) groups excluding carboxylic acids is 2. The van der Waals surface area contributed by atoms with Crippen LogP contribution in [-0.4, -0.2) is 61.1 Å². The summed E-state index contributed by atoms with van der Waals surface area (Å²) in [6.07, 6.45) is 6.07. The van der Waals surface area contributed by atoms with E-state index in [2.05, 4.69) is 24.1 Å². The summed E-state index contributed by atoms with van der Waals surface area (Å²) in [5, 5.41) is 2.42. The Morgan fingerprint density at radius 3 is 2.55 bits per heavy atom. The number of halogens is 1. The molecule has 2 fully saturated rings. The molecular formula is C26H38FN3O3. The molecule has 1 spiro atoms. The molecule has 1 aromatic rings. The van der Waals surface area contributed by atoms with Gasteiger partial charge in [0.05, 0.1) is 12.0 Å². The Kier molecular flexibility index (Phi) is 7.27. The smallest absolute Gasteiger partial charge is 0.406 e. The number of benzene rings is 1. The number of fused-ring (bicyclic) bond motifs is 2. The van der Waals surface area contributed by atoms with Gasteiger partial charge in [0.25, 0.3) is 0 Å². The van der Waals surface area contributed by atoms with Crippen LogP contribution in [0.5, 0.6) is 0 Å². The van der Waals surface area contributed by atoms with Crippen LogP contribution in [0.2, 0.25) is 0 Å². The van der Waals surface area contributed by atoms with Crippen molar-refractivity contribution in [1.29, 1.82) is 0 Å². The van der Waals surface area contributed by atoms with Crippen molar-refractivity contribution in [3.05, 3.63) is 35.1 Å². The van der Waals surface area contributed by atoms with Gasteiger partial charge in [-0.1, -0.05) is 19.9 Å². The molecule has 0 unspecified atom stereocenters. The number of hydrogen-bond donors (Lipinski definition) is 1. The molecular weight excluding hydrogens is 421 g/mol. The number of nitrogens with zero attached hydrogens (tertiary/aromatic N) is 2. The fourth-order valence-corrected chi connectivity index (χ4v) is 6.24. The zero-order chi connectivity index (χ0) is 23.6. The number of rotatable bonds is 5. The van der Waals surface area contributed by atoms with Gasteiger partial charge in [-0.3, -0.25) is 4.79 Å². The molecule has 0 atom stereocenters. The summed E-state index contributed by atoms with van der Waals surface area (Å²) in [4.78, 5) is 29.5. The molecule has 2 aliphatic heterocycles. The molecule has 0 bridgehead atoms. The zero-order valence-corrected chi connectivity index (χ0v) is 20.2. The van der Waals surface area contributed by atoms with Gasteiger partial charge < -0.3 is 19.9 Å². The first kappa shape index (κ1) is 24.0. The van der Waals surface area contributed by atoms with E-state index in [1.54, 1.807) is 11.0 Å². The average molecular weight is 460 g/mol. The van der Waals surface area contributed by atoms with E-state index in [1.165, 1.54) is 38.8 Å².